The highest BCUT2D eigenvalue weighted by Gasteiger charge is 2.00. The SMILES string of the molecule is CCCCCCCCC=CC=Cc1cccc(O)c1O. The molecule has 2 N–H and O–H groups in total. The quantitative estimate of drug-likeness (QED) is 0.359. The van der Waals surface area contributed by atoms with E-state index in [0.29, 0.717) is 5.56 Å². The Kier molecular flexibility index (Phi) is 8.28. The summed E-state index contributed by atoms with van der Waals surface area (Å²) in [6.07, 6.45) is 16.8. The number of phenols is 2. The molecule has 1 aromatic rings. The van der Waals surface area contributed by atoms with Crippen LogP contribution in [0, 0.1) is 0 Å². The Labute approximate surface area is 122 Å². The van der Waals surface area contributed by atoms with Crippen LogP contribution in [0.2, 0.25) is 0 Å². The first-order valence-electron chi connectivity index (χ1n) is 7.60. The zero-order valence-corrected chi connectivity index (χ0v) is 12.4. The highest BCUT2D eigenvalue weighted by atomic mass is 16.3. The van der Waals surface area contributed by atoms with Crippen molar-refractivity contribution < 1.29 is 10.2 Å². The molecule has 0 aliphatic rings. The van der Waals surface area contributed by atoms with E-state index >= 15 is 0 Å². The Balaban J connectivity index is 2.20. The van der Waals surface area contributed by atoms with Crippen molar-refractivity contribution in [1.29, 1.82) is 0 Å². The van der Waals surface area contributed by atoms with Crippen molar-refractivity contribution in [3.63, 3.8) is 0 Å². The van der Waals surface area contributed by atoms with Crippen molar-refractivity contribution in [2.45, 2.75) is 51.9 Å². The van der Waals surface area contributed by atoms with Crippen LogP contribution in [0.3, 0.4) is 0 Å². The number of rotatable bonds is 9. The minimum Gasteiger partial charge on any atom is -0.504 e. The minimum atomic E-state index is -0.0804. The van der Waals surface area contributed by atoms with E-state index in [0.717, 1.165) is 6.42 Å². The molecule has 0 spiro atoms. The molecule has 1 rings (SSSR count). The van der Waals surface area contributed by atoms with Gasteiger partial charge in [-0.15, -0.1) is 0 Å². The van der Waals surface area contributed by atoms with E-state index in [1.54, 1.807) is 18.2 Å². The summed E-state index contributed by atoms with van der Waals surface area (Å²) < 4.78 is 0. The molecule has 0 heterocycles. The lowest BCUT2D eigenvalue weighted by atomic mass is 10.1. The van der Waals surface area contributed by atoms with Crippen LogP contribution in [-0.4, -0.2) is 10.2 Å². The number of hydrogen-bond donors (Lipinski definition) is 2. The molecule has 0 amide bonds. The number of benzene rings is 1. The Morgan fingerprint density at radius 3 is 2.50 bits per heavy atom. The summed E-state index contributed by atoms with van der Waals surface area (Å²) in [5.74, 6) is -0.142. The van der Waals surface area contributed by atoms with Crippen LogP contribution >= 0.6 is 0 Å². The Morgan fingerprint density at radius 2 is 1.70 bits per heavy atom. The molecule has 0 aliphatic heterocycles. The molecular weight excluding hydrogens is 248 g/mol. The lowest BCUT2D eigenvalue weighted by molar-refractivity contribution is 0.403. The first-order valence-corrected chi connectivity index (χ1v) is 7.60. The lowest BCUT2D eigenvalue weighted by Crippen LogP contribution is -1.77. The fraction of sp³-hybridized carbons (Fsp3) is 0.444. The summed E-state index contributed by atoms with van der Waals surface area (Å²) in [7, 11) is 0. The van der Waals surface area contributed by atoms with E-state index < -0.39 is 0 Å². The molecule has 2 heteroatoms. The Hall–Kier alpha value is -1.70. The maximum atomic E-state index is 9.62. The predicted octanol–water partition coefficient (Wildman–Crippen LogP) is 5.42. The average Bonchev–Trinajstić information content (AvgIpc) is 2.45. The second kappa shape index (κ2) is 10.1. The monoisotopic (exact) mass is 274 g/mol. The van der Waals surface area contributed by atoms with Crippen molar-refractivity contribution >= 4 is 6.08 Å². The summed E-state index contributed by atoms with van der Waals surface area (Å²) in [5, 5.41) is 19.0. The van der Waals surface area contributed by atoms with Gasteiger partial charge in [-0.3, -0.25) is 0 Å². The van der Waals surface area contributed by atoms with Gasteiger partial charge < -0.3 is 10.2 Å². The van der Waals surface area contributed by atoms with E-state index in [-0.39, 0.29) is 11.5 Å². The third kappa shape index (κ3) is 6.46. The molecule has 0 aromatic heterocycles. The fourth-order valence-corrected chi connectivity index (χ4v) is 2.06. The molecule has 0 radical (unpaired) electrons. The smallest absolute Gasteiger partial charge is 0.164 e. The van der Waals surface area contributed by atoms with E-state index in [2.05, 4.69) is 13.0 Å². The van der Waals surface area contributed by atoms with Crippen molar-refractivity contribution in [2.75, 3.05) is 0 Å². The molecule has 0 atom stereocenters. The van der Waals surface area contributed by atoms with Crippen LogP contribution < -0.4 is 0 Å². The summed E-state index contributed by atoms with van der Waals surface area (Å²) in [6.45, 7) is 2.24. The fourth-order valence-electron chi connectivity index (χ4n) is 2.06. The molecule has 0 aliphatic carbocycles. The van der Waals surface area contributed by atoms with E-state index in [1.807, 2.05) is 12.2 Å². The van der Waals surface area contributed by atoms with Crippen LogP contribution in [0.5, 0.6) is 11.5 Å². The molecule has 20 heavy (non-hydrogen) atoms. The maximum Gasteiger partial charge on any atom is 0.164 e. The molecule has 2 nitrogen and oxygen atoms in total. The third-order valence-electron chi connectivity index (χ3n) is 3.29. The largest absolute Gasteiger partial charge is 0.504 e. The summed E-state index contributed by atoms with van der Waals surface area (Å²) in [4.78, 5) is 0. The lowest BCUT2D eigenvalue weighted by Gasteiger charge is -2.00. The van der Waals surface area contributed by atoms with Gasteiger partial charge in [-0.1, -0.05) is 75.5 Å². The highest BCUT2D eigenvalue weighted by Crippen LogP contribution is 2.28. The van der Waals surface area contributed by atoms with Crippen LogP contribution in [0.1, 0.15) is 57.4 Å². The van der Waals surface area contributed by atoms with Gasteiger partial charge in [0.25, 0.3) is 0 Å². The minimum absolute atomic E-state index is 0.0620. The van der Waals surface area contributed by atoms with Crippen LogP contribution in [0.15, 0.2) is 36.4 Å². The molecule has 0 saturated carbocycles. The van der Waals surface area contributed by atoms with Gasteiger partial charge in [0.05, 0.1) is 0 Å². The average molecular weight is 274 g/mol. The molecule has 0 bridgehead atoms. The normalized spacial score (nSPS) is 11.7. The molecule has 0 fully saturated rings. The van der Waals surface area contributed by atoms with Crippen LogP contribution in [0.25, 0.3) is 6.08 Å². The molecule has 1 aromatic carbocycles. The standard InChI is InChI=1S/C18H26O2/c1-2-3-4-5-6-7-8-9-10-11-13-16-14-12-15-17(19)18(16)20/h9-15,19-20H,2-8H2,1H3. The molecule has 0 saturated heterocycles. The number of hydrogen-bond acceptors (Lipinski definition) is 2. The molecule has 110 valence electrons. The Morgan fingerprint density at radius 1 is 0.950 bits per heavy atom. The van der Waals surface area contributed by atoms with Gasteiger partial charge in [0.1, 0.15) is 0 Å². The number of phenolic OH excluding ortho intramolecular Hbond substituents is 2. The third-order valence-corrected chi connectivity index (χ3v) is 3.29. The van der Waals surface area contributed by atoms with Gasteiger partial charge in [-0.05, 0) is 18.9 Å². The summed E-state index contributed by atoms with van der Waals surface area (Å²) in [6, 6.07) is 4.96. The summed E-state index contributed by atoms with van der Waals surface area (Å²) in [5.41, 5.74) is 0.634. The van der Waals surface area contributed by atoms with Crippen molar-refractivity contribution in [3.8, 4) is 11.5 Å². The van der Waals surface area contributed by atoms with Gasteiger partial charge in [-0.2, -0.15) is 0 Å². The zero-order valence-electron chi connectivity index (χ0n) is 12.4. The highest BCUT2D eigenvalue weighted by molar-refractivity contribution is 5.62. The van der Waals surface area contributed by atoms with Gasteiger partial charge >= 0.3 is 0 Å². The number of allylic oxidation sites excluding steroid dienone is 3. The number of para-hydroxylation sites is 1. The number of aromatic hydroxyl groups is 2. The molecule has 0 unspecified atom stereocenters. The topological polar surface area (TPSA) is 40.5 Å². The number of unbranched alkanes of at least 4 members (excludes halogenated alkanes) is 6. The van der Waals surface area contributed by atoms with Gasteiger partial charge in [0.2, 0.25) is 0 Å². The van der Waals surface area contributed by atoms with E-state index in [4.69, 9.17) is 0 Å². The van der Waals surface area contributed by atoms with Crippen molar-refractivity contribution in [3.05, 3.63) is 42.0 Å². The van der Waals surface area contributed by atoms with Gasteiger partial charge in [0, 0.05) is 5.56 Å². The Bertz CT molecular complexity index is 433. The second-order valence-corrected chi connectivity index (χ2v) is 5.06. The maximum absolute atomic E-state index is 9.62. The van der Waals surface area contributed by atoms with Gasteiger partial charge in [0.15, 0.2) is 11.5 Å². The van der Waals surface area contributed by atoms with Gasteiger partial charge in [-0.25, -0.2) is 0 Å². The second-order valence-electron chi connectivity index (χ2n) is 5.06. The van der Waals surface area contributed by atoms with Crippen LogP contribution in [-0.2, 0) is 0 Å². The first-order chi connectivity index (χ1) is 9.75. The van der Waals surface area contributed by atoms with E-state index in [1.165, 1.54) is 44.6 Å². The summed E-state index contributed by atoms with van der Waals surface area (Å²) >= 11 is 0. The predicted molar refractivity (Wildman–Crippen MR) is 85.9 cm³/mol. The van der Waals surface area contributed by atoms with Crippen LogP contribution in [0.4, 0.5) is 0 Å². The van der Waals surface area contributed by atoms with E-state index in [9.17, 15) is 10.2 Å². The van der Waals surface area contributed by atoms with Crippen molar-refractivity contribution in [1.82, 2.24) is 0 Å². The van der Waals surface area contributed by atoms with Crippen molar-refractivity contribution in [2.24, 2.45) is 0 Å². The molecular formula is C18H26O2. The zero-order chi connectivity index (χ0) is 14.6. The first kappa shape index (κ1) is 16.4.